The van der Waals surface area contributed by atoms with Crippen LogP contribution in [0.2, 0.25) is 0 Å². The highest BCUT2D eigenvalue weighted by Gasteiger charge is 2.11. The van der Waals surface area contributed by atoms with Gasteiger partial charge in [0.2, 0.25) is 15.9 Å². The van der Waals surface area contributed by atoms with E-state index in [1.54, 1.807) is 30.6 Å². The zero-order valence-corrected chi connectivity index (χ0v) is 17.8. The minimum absolute atomic E-state index is 0.160. The summed E-state index contributed by atoms with van der Waals surface area (Å²) >= 11 is 1.28. The number of benzene rings is 2. The van der Waals surface area contributed by atoms with Crippen LogP contribution in [0.15, 0.2) is 53.9 Å². The molecule has 0 radical (unpaired) electrons. The molecule has 0 aliphatic heterocycles. The molecular weight excluding hydrogens is 410 g/mol. The molecule has 3 aromatic rings. The van der Waals surface area contributed by atoms with Crippen molar-refractivity contribution in [3.63, 3.8) is 0 Å². The van der Waals surface area contributed by atoms with E-state index in [2.05, 4.69) is 33.2 Å². The predicted molar refractivity (Wildman–Crippen MR) is 115 cm³/mol. The summed E-state index contributed by atoms with van der Waals surface area (Å²) in [4.78, 5) is 12.3. The van der Waals surface area contributed by atoms with Crippen molar-refractivity contribution in [3.8, 4) is 5.69 Å². The molecule has 10 heteroatoms. The molecule has 8 nitrogen and oxygen atoms in total. The summed E-state index contributed by atoms with van der Waals surface area (Å²) in [6, 6.07) is 12.5. The van der Waals surface area contributed by atoms with Crippen molar-refractivity contribution in [2.45, 2.75) is 19.0 Å². The Kier molecular flexibility index (Phi) is 6.23. The number of nitrogens with zero attached hydrogens (tertiary/aromatic N) is 3. The molecule has 0 fully saturated rings. The van der Waals surface area contributed by atoms with Crippen LogP contribution >= 0.6 is 11.8 Å². The van der Waals surface area contributed by atoms with Crippen molar-refractivity contribution in [2.75, 3.05) is 22.0 Å². The Morgan fingerprint density at radius 2 is 1.76 bits per heavy atom. The lowest BCUT2D eigenvalue weighted by molar-refractivity contribution is -0.113. The van der Waals surface area contributed by atoms with E-state index in [1.165, 1.54) is 22.9 Å². The highest BCUT2D eigenvalue weighted by atomic mass is 32.2. The van der Waals surface area contributed by atoms with Crippen molar-refractivity contribution in [3.05, 3.63) is 59.9 Å². The molecule has 2 aromatic carbocycles. The normalized spacial score (nSPS) is 11.3. The molecule has 0 saturated heterocycles. The average Bonchev–Trinajstić information content (AvgIpc) is 3.11. The number of rotatable bonds is 7. The summed E-state index contributed by atoms with van der Waals surface area (Å²) in [5, 5.41) is 11.5. The van der Waals surface area contributed by atoms with E-state index in [0.29, 0.717) is 16.5 Å². The van der Waals surface area contributed by atoms with Gasteiger partial charge in [0.15, 0.2) is 5.16 Å². The molecule has 2 N–H and O–H groups in total. The number of thioether (sulfide) groups is 1. The van der Waals surface area contributed by atoms with Gasteiger partial charge in [-0.15, -0.1) is 10.2 Å². The van der Waals surface area contributed by atoms with Crippen molar-refractivity contribution in [2.24, 2.45) is 0 Å². The van der Waals surface area contributed by atoms with Crippen LogP contribution in [0.1, 0.15) is 11.1 Å². The molecule has 0 saturated carbocycles. The quantitative estimate of drug-likeness (QED) is 0.557. The van der Waals surface area contributed by atoms with Gasteiger partial charge in [-0.25, -0.2) is 8.42 Å². The van der Waals surface area contributed by atoms with Gasteiger partial charge in [-0.1, -0.05) is 17.8 Å². The van der Waals surface area contributed by atoms with E-state index in [9.17, 15) is 13.2 Å². The number of amides is 1. The number of hydrogen-bond donors (Lipinski definition) is 2. The summed E-state index contributed by atoms with van der Waals surface area (Å²) in [6.07, 6.45) is 2.70. The van der Waals surface area contributed by atoms with Gasteiger partial charge in [0, 0.05) is 17.1 Å². The highest BCUT2D eigenvalue weighted by molar-refractivity contribution is 7.99. The number of carbonyl (C=O) groups excluding carboxylic acids is 1. The maximum Gasteiger partial charge on any atom is 0.234 e. The van der Waals surface area contributed by atoms with Gasteiger partial charge < -0.3 is 5.32 Å². The van der Waals surface area contributed by atoms with Crippen LogP contribution in [-0.2, 0) is 14.8 Å². The summed E-state index contributed by atoms with van der Waals surface area (Å²) in [5.41, 5.74) is 4.31. The third kappa shape index (κ3) is 5.81. The van der Waals surface area contributed by atoms with Crippen molar-refractivity contribution in [1.82, 2.24) is 14.8 Å². The van der Waals surface area contributed by atoms with E-state index >= 15 is 0 Å². The minimum atomic E-state index is -3.33. The number of hydrogen-bond acceptors (Lipinski definition) is 6. The smallest absolute Gasteiger partial charge is 0.234 e. The zero-order chi connectivity index (χ0) is 21.0. The van der Waals surface area contributed by atoms with E-state index in [1.807, 2.05) is 23.6 Å². The first kappa shape index (κ1) is 20.9. The fourth-order valence-corrected chi connectivity index (χ4v) is 3.83. The molecule has 0 aliphatic rings. The lowest BCUT2D eigenvalue weighted by Gasteiger charge is -2.09. The van der Waals surface area contributed by atoms with Crippen LogP contribution in [0, 0.1) is 13.8 Å². The minimum Gasteiger partial charge on any atom is -0.325 e. The van der Waals surface area contributed by atoms with Gasteiger partial charge >= 0.3 is 0 Å². The lowest BCUT2D eigenvalue weighted by Crippen LogP contribution is -2.15. The number of carbonyl (C=O) groups is 1. The van der Waals surface area contributed by atoms with Gasteiger partial charge in [-0.05, 0) is 61.4 Å². The molecule has 3 rings (SSSR count). The monoisotopic (exact) mass is 431 g/mol. The standard InChI is InChI=1S/C19H21N5O3S2/c1-13-4-9-17(10-14(13)2)24-12-20-22-19(24)28-11-18(25)21-15-5-7-16(8-6-15)23-29(3,26)27/h4-10,12,23H,11H2,1-3H3,(H,21,25). The van der Waals surface area contributed by atoms with Gasteiger partial charge in [-0.3, -0.25) is 14.1 Å². The van der Waals surface area contributed by atoms with Crippen LogP contribution in [0.25, 0.3) is 5.69 Å². The third-order valence-electron chi connectivity index (χ3n) is 4.09. The number of anilines is 2. The Morgan fingerprint density at radius 1 is 1.07 bits per heavy atom. The molecule has 1 amide bonds. The maximum atomic E-state index is 12.3. The molecule has 0 spiro atoms. The van der Waals surface area contributed by atoms with E-state index in [4.69, 9.17) is 0 Å². The van der Waals surface area contributed by atoms with E-state index < -0.39 is 10.0 Å². The number of nitrogens with one attached hydrogen (secondary N) is 2. The first-order chi connectivity index (χ1) is 13.7. The molecular formula is C19H21N5O3S2. The summed E-state index contributed by atoms with van der Waals surface area (Å²) < 4.78 is 26.7. The van der Waals surface area contributed by atoms with E-state index in [-0.39, 0.29) is 11.7 Å². The Labute approximate surface area is 173 Å². The molecule has 152 valence electrons. The molecule has 0 atom stereocenters. The second-order valence-corrected chi connectivity index (χ2v) is 9.23. The first-order valence-corrected chi connectivity index (χ1v) is 11.6. The summed E-state index contributed by atoms with van der Waals surface area (Å²) in [5.74, 6) is -0.0409. The Balaban J connectivity index is 1.60. The SMILES string of the molecule is Cc1ccc(-n2cnnc2SCC(=O)Nc2ccc(NS(C)(=O)=O)cc2)cc1C. The van der Waals surface area contributed by atoms with Crippen molar-refractivity contribution in [1.29, 1.82) is 0 Å². The Bertz CT molecular complexity index is 1130. The number of aryl methyl sites for hydroxylation is 2. The Hall–Kier alpha value is -2.85. The second kappa shape index (κ2) is 8.66. The molecule has 0 bridgehead atoms. The zero-order valence-electron chi connectivity index (χ0n) is 16.2. The number of aromatic nitrogens is 3. The maximum absolute atomic E-state index is 12.3. The molecule has 0 aliphatic carbocycles. The Morgan fingerprint density at radius 3 is 2.41 bits per heavy atom. The van der Waals surface area contributed by atoms with Crippen LogP contribution in [0.5, 0.6) is 0 Å². The summed E-state index contributed by atoms with van der Waals surface area (Å²) in [7, 11) is -3.33. The first-order valence-electron chi connectivity index (χ1n) is 8.69. The molecule has 0 unspecified atom stereocenters. The fraction of sp³-hybridized carbons (Fsp3) is 0.211. The molecule has 29 heavy (non-hydrogen) atoms. The molecule has 1 heterocycles. The van der Waals surface area contributed by atoms with Crippen LogP contribution < -0.4 is 10.0 Å². The lowest BCUT2D eigenvalue weighted by atomic mass is 10.1. The van der Waals surface area contributed by atoms with Gasteiger partial charge in [0.05, 0.1) is 12.0 Å². The van der Waals surface area contributed by atoms with Crippen LogP contribution in [0.4, 0.5) is 11.4 Å². The van der Waals surface area contributed by atoms with Crippen LogP contribution in [0.3, 0.4) is 0 Å². The van der Waals surface area contributed by atoms with Crippen molar-refractivity contribution >= 4 is 39.1 Å². The third-order valence-corrected chi connectivity index (χ3v) is 5.64. The molecule has 1 aromatic heterocycles. The van der Waals surface area contributed by atoms with Gasteiger partial charge in [-0.2, -0.15) is 0 Å². The van der Waals surface area contributed by atoms with Crippen molar-refractivity contribution < 1.29 is 13.2 Å². The van der Waals surface area contributed by atoms with Gasteiger partial charge in [0.1, 0.15) is 6.33 Å². The van der Waals surface area contributed by atoms with Crippen LogP contribution in [-0.4, -0.2) is 41.1 Å². The number of sulfonamides is 1. The summed E-state index contributed by atoms with van der Waals surface area (Å²) in [6.45, 7) is 4.09. The van der Waals surface area contributed by atoms with E-state index in [0.717, 1.165) is 11.9 Å². The van der Waals surface area contributed by atoms with Gasteiger partial charge in [0.25, 0.3) is 0 Å². The topological polar surface area (TPSA) is 106 Å². The average molecular weight is 432 g/mol. The largest absolute Gasteiger partial charge is 0.325 e. The predicted octanol–water partition coefficient (Wildman–Crippen LogP) is 2.99. The second-order valence-electron chi connectivity index (χ2n) is 6.54. The highest BCUT2D eigenvalue weighted by Crippen LogP contribution is 2.22. The fourth-order valence-electron chi connectivity index (χ4n) is 2.54.